The molecule has 92 valence electrons. The standard InChI is InChI=1S/C12H29N3/c1-15(2)12-8-4-7-11-14-10-6-3-5-9-13/h14H,3-13H2,1-2H3. The topological polar surface area (TPSA) is 41.3 Å². The number of nitrogens with one attached hydrogen (secondary N) is 1. The second kappa shape index (κ2) is 12.0. The molecule has 0 aromatic heterocycles. The summed E-state index contributed by atoms with van der Waals surface area (Å²) in [6.07, 6.45) is 7.68. The maximum absolute atomic E-state index is 5.42. The van der Waals surface area contributed by atoms with Crippen molar-refractivity contribution in [2.24, 2.45) is 5.73 Å². The second-order valence-corrected chi connectivity index (χ2v) is 4.46. The number of unbranched alkanes of at least 4 members (excludes halogenated alkanes) is 4. The molecule has 0 bridgehead atoms. The highest BCUT2D eigenvalue weighted by Crippen LogP contribution is 1.95. The van der Waals surface area contributed by atoms with Crippen LogP contribution in [0.3, 0.4) is 0 Å². The first kappa shape index (κ1) is 14.9. The Hall–Kier alpha value is -0.120. The van der Waals surface area contributed by atoms with E-state index in [1.165, 1.54) is 51.6 Å². The minimum atomic E-state index is 0.838. The molecule has 0 saturated heterocycles. The predicted octanol–water partition coefficient (Wildman–Crippen LogP) is 1.44. The first-order chi connectivity index (χ1) is 7.27. The summed E-state index contributed by atoms with van der Waals surface area (Å²) < 4.78 is 0. The highest BCUT2D eigenvalue weighted by Gasteiger charge is 1.92. The summed E-state index contributed by atoms with van der Waals surface area (Å²) in [4.78, 5) is 2.25. The van der Waals surface area contributed by atoms with Gasteiger partial charge in [0.15, 0.2) is 0 Å². The maximum Gasteiger partial charge on any atom is -0.00248 e. The third-order valence-corrected chi connectivity index (χ3v) is 2.52. The third kappa shape index (κ3) is 13.9. The van der Waals surface area contributed by atoms with Gasteiger partial charge in [-0.25, -0.2) is 0 Å². The van der Waals surface area contributed by atoms with Crippen LogP contribution in [-0.4, -0.2) is 45.2 Å². The summed E-state index contributed by atoms with van der Waals surface area (Å²) in [5, 5.41) is 3.48. The van der Waals surface area contributed by atoms with E-state index in [4.69, 9.17) is 5.73 Å². The molecule has 0 radical (unpaired) electrons. The van der Waals surface area contributed by atoms with Crippen LogP contribution >= 0.6 is 0 Å². The van der Waals surface area contributed by atoms with Crippen molar-refractivity contribution in [2.45, 2.75) is 38.5 Å². The molecule has 0 atom stereocenters. The zero-order valence-electron chi connectivity index (χ0n) is 10.6. The van der Waals surface area contributed by atoms with Crippen molar-refractivity contribution < 1.29 is 0 Å². The van der Waals surface area contributed by atoms with Gasteiger partial charge in [0.1, 0.15) is 0 Å². The Morgan fingerprint density at radius 3 is 2.00 bits per heavy atom. The molecule has 3 heteroatoms. The van der Waals surface area contributed by atoms with Crippen LogP contribution in [0.4, 0.5) is 0 Å². The molecule has 0 aromatic rings. The molecule has 0 unspecified atom stereocenters. The molecule has 0 aliphatic rings. The number of rotatable bonds is 11. The molecular formula is C12H29N3. The summed E-state index contributed by atoms with van der Waals surface area (Å²) in [7, 11) is 4.27. The van der Waals surface area contributed by atoms with E-state index in [1.54, 1.807) is 0 Å². The second-order valence-electron chi connectivity index (χ2n) is 4.46. The van der Waals surface area contributed by atoms with Crippen molar-refractivity contribution >= 4 is 0 Å². The van der Waals surface area contributed by atoms with Gasteiger partial charge >= 0.3 is 0 Å². The molecule has 0 aromatic carbocycles. The van der Waals surface area contributed by atoms with E-state index in [0.717, 1.165) is 13.1 Å². The minimum absolute atomic E-state index is 0.838. The third-order valence-electron chi connectivity index (χ3n) is 2.52. The Morgan fingerprint density at radius 1 is 0.867 bits per heavy atom. The van der Waals surface area contributed by atoms with E-state index in [-0.39, 0.29) is 0 Å². The minimum Gasteiger partial charge on any atom is -0.330 e. The summed E-state index contributed by atoms with van der Waals surface area (Å²) in [6.45, 7) is 4.39. The molecule has 0 amide bonds. The van der Waals surface area contributed by atoms with Crippen LogP contribution in [0.1, 0.15) is 38.5 Å². The van der Waals surface area contributed by atoms with Crippen molar-refractivity contribution in [2.75, 3.05) is 40.3 Å². The van der Waals surface area contributed by atoms with E-state index in [2.05, 4.69) is 24.3 Å². The molecule has 0 spiro atoms. The lowest BCUT2D eigenvalue weighted by atomic mass is 10.2. The monoisotopic (exact) mass is 215 g/mol. The fourth-order valence-corrected chi connectivity index (χ4v) is 1.55. The van der Waals surface area contributed by atoms with Gasteiger partial charge in [-0.2, -0.15) is 0 Å². The van der Waals surface area contributed by atoms with Gasteiger partial charge in [0.25, 0.3) is 0 Å². The first-order valence-electron chi connectivity index (χ1n) is 6.33. The number of hydrogen-bond acceptors (Lipinski definition) is 3. The van der Waals surface area contributed by atoms with Gasteiger partial charge in [-0.3, -0.25) is 0 Å². The molecule has 0 aliphatic carbocycles. The van der Waals surface area contributed by atoms with Crippen LogP contribution in [0.15, 0.2) is 0 Å². The van der Waals surface area contributed by atoms with Gasteiger partial charge in [0.05, 0.1) is 0 Å². The zero-order valence-corrected chi connectivity index (χ0v) is 10.6. The lowest BCUT2D eigenvalue weighted by molar-refractivity contribution is 0.390. The van der Waals surface area contributed by atoms with Gasteiger partial charge in [0, 0.05) is 0 Å². The Labute approximate surface area is 95.4 Å². The van der Waals surface area contributed by atoms with Crippen LogP contribution in [0.5, 0.6) is 0 Å². The molecule has 3 nitrogen and oxygen atoms in total. The fourth-order valence-electron chi connectivity index (χ4n) is 1.55. The summed E-state index contributed by atoms with van der Waals surface area (Å²) in [5.41, 5.74) is 5.42. The average molecular weight is 215 g/mol. The Kier molecular flexibility index (Phi) is 11.9. The van der Waals surface area contributed by atoms with E-state index in [1.807, 2.05) is 0 Å². The van der Waals surface area contributed by atoms with Crippen LogP contribution in [0.2, 0.25) is 0 Å². The number of hydrogen-bond donors (Lipinski definition) is 2. The van der Waals surface area contributed by atoms with E-state index >= 15 is 0 Å². The van der Waals surface area contributed by atoms with Crippen molar-refractivity contribution in [3.05, 3.63) is 0 Å². The highest BCUT2D eigenvalue weighted by atomic mass is 15.0. The molecule has 0 rings (SSSR count). The quantitative estimate of drug-likeness (QED) is 0.512. The van der Waals surface area contributed by atoms with Gasteiger partial charge in [-0.1, -0.05) is 12.8 Å². The smallest absolute Gasteiger partial charge is 0.00248 e. The number of nitrogens with zero attached hydrogens (tertiary/aromatic N) is 1. The first-order valence-corrected chi connectivity index (χ1v) is 6.33. The maximum atomic E-state index is 5.42. The van der Waals surface area contributed by atoms with Crippen LogP contribution in [0, 0.1) is 0 Å². The van der Waals surface area contributed by atoms with Gasteiger partial charge in [-0.05, 0) is 66.0 Å². The molecular weight excluding hydrogens is 186 g/mol. The highest BCUT2D eigenvalue weighted by molar-refractivity contribution is 4.51. The van der Waals surface area contributed by atoms with Crippen LogP contribution in [0.25, 0.3) is 0 Å². The van der Waals surface area contributed by atoms with Gasteiger partial charge in [0.2, 0.25) is 0 Å². The molecule has 0 saturated carbocycles. The fraction of sp³-hybridized carbons (Fsp3) is 1.00. The Bertz CT molecular complexity index is 115. The predicted molar refractivity (Wildman–Crippen MR) is 68.2 cm³/mol. The average Bonchev–Trinajstić information content (AvgIpc) is 2.20. The number of nitrogens with two attached hydrogens (primary N) is 1. The zero-order chi connectivity index (χ0) is 11.4. The van der Waals surface area contributed by atoms with Crippen LogP contribution < -0.4 is 11.1 Å². The van der Waals surface area contributed by atoms with E-state index in [0.29, 0.717) is 0 Å². The van der Waals surface area contributed by atoms with E-state index in [9.17, 15) is 0 Å². The normalized spacial score (nSPS) is 11.2. The van der Waals surface area contributed by atoms with Crippen LogP contribution in [-0.2, 0) is 0 Å². The Balaban J connectivity index is 2.87. The lowest BCUT2D eigenvalue weighted by Gasteiger charge is -2.09. The van der Waals surface area contributed by atoms with E-state index < -0.39 is 0 Å². The summed E-state index contributed by atoms with van der Waals surface area (Å²) >= 11 is 0. The molecule has 0 heterocycles. The van der Waals surface area contributed by atoms with Crippen molar-refractivity contribution in [3.8, 4) is 0 Å². The molecule has 0 fully saturated rings. The molecule has 15 heavy (non-hydrogen) atoms. The summed E-state index contributed by atoms with van der Waals surface area (Å²) in [6, 6.07) is 0. The largest absolute Gasteiger partial charge is 0.330 e. The Morgan fingerprint density at radius 2 is 1.47 bits per heavy atom. The SMILES string of the molecule is CN(C)CCCCCNCCCCCN. The lowest BCUT2D eigenvalue weighted by Crippen LogP contribution is -2.18. The van der Waals surface area contributed by atoms with Gasteiger partial charge < -0.3 is 16.0 Å². The molecule has 0 aliphatic heterocycles. The van der Waals surface area contributed by atoms with Crippen molar-refractivity contribution in [1.82, 2.24) is 10.2 Å². The molecule has 3 N–H and O–H groups in total. The van der Waals surface area contributed by atoms with Gasteiger partial charge in [-0.15, -0.1) is 0 Å². The van der Waals surface area contributed by atoms with Crippen molar-refractivity contribution in [1.29, 1.82) is 0 Å². The summed E-state index contributed by atoms with van der Waals surface area (Å²) in [5.74, 6) is 0. The van der Waals surface area contributed by atoms with Crippen molar-refractivity contribution in [3.63, 3.8) is 0 Å².